The van der Waals surface area contributed by atoms with E-state index in [4.69, 9.17) is 0 Å². The molecule has 5 nitrogen and oxygen atoms in total. The second-order valence-corrected chi connectivity index (χ2v) is 6.79. The maximum Gasteiger partial charge on any atom is 0.276 e. The largest absolute Gasteiger partial charge is 0.316 e. The third-order valence-electron chi connectivity index (χ3n) is 4.72. The predicted octanol–water partition coefficient (Wildman–Crippen LogP) is 4.20. The average molecular weight is 368 g/mol. The van der Waals surface area contributed by atoms with E-state index in [9.17, 15) is 13.6 Å². The molecule has 0 unspecified atom stereocenters. The fourth-order valence-electron chi connectivity index (χ4n) is 3.07. The van der Waals surface area contributed by atoms with Gasteiger partial charge in [-0.1, -0.05) is 6.07 Å². The van der Waals surface area contributed by atoms with Gasteiger partial charge in [0, 0.05) is 30.4 Å². The molecule has 0 bridgehead atoms. The molecule has 1 fully saturated rings. The summed E-state index contributed by atoms with van der Waals surface area (Å²) >= 11 is 0. The molecule has 0 spiro atoms. The average Bonchev–Trinajstić information content (AvgIpc) is 3.41. The minimum absolute atomic E-state index is 0.0702. The van der Waals surface area contributed by atoms with E-state index in [0.717, 1.165) is 29.0 Å². The first-order valence-electron chi connectivity index (χ1n) is 8.70. The second kappa shape index (κ2) is 6.57. The van der Waals surface area contributed by atoms with Gasteiger partial charge in [0.2, 0.25) is 0 Å². The summed E-state index contributed by atoms with van der Waals surface area (Å²) in [5, 5.41) is 6.44. The number of hydrogen-bond acceptors (Lipinski definition) is 3. The summed E-state index contributed by atoms with van der Waals surface area (Å²) in [5.74, 6) is -1.80. The molecule has 0 radical (unpaired) electrons. The zero-order chi connectivity index (χ0) is 19.1. The van der Waals surface area contributed by atoms with Gasteiger partial charge >= 0.3 is 0 Å². The Morgan fingerprint density at radius 3 is 2.56 bits per heavy atom. The molecule has 0 aliphatic heterocycles. The van der Waals surface area contributed by atoms with E-state index in [1.54, 1.807) is 24.0 Å². The van der Waals surface area contributed by atoms with E-state index < -0.39 is 23.2 Å². The van der Waals surface area contributed by atoms with Gasteiger partial charge in [0.15, 0.2) is 5.69 Å². The van der Waals surface area contributed by atoms with E-state index in [1.165, 1.54) is 18.9 Å². The van der Waals surface area contributed by atoms with Crippen LogP contribution in [0.15, 0.2) is 36.5 Å². The van der Waals surface area contributed by atoms with Crippen molar-refractivity contribution in [3.63, 3.8) is 0 Å². The molecular formula is C20H18F2N4O. The Morgan fingerprint density at radius 2 is 1.93 bits per heavy atom. The van der Waals surface area contributed by atoms with Gasteiger partial charge in [-0.15, -0.1) is 0 Å². The summed E-state index contributed by atoms with van der Waals surface area (Å²) in [7, 11) is 1.71. The molecule has 7 heteroatoms. The lowest BCUT2D eigenvalue weighted by molar-refractivity contribution is 0.102. The van der Waals surface area contributed by atoms with Crippen molar-refractivity contribution in [2.45, 2.75) is 25.7 Å². The first kappa shape index (κ1) is 17.3. The number of para-hydroxylation sites is 1. The van der Waals surface area contributed by atoms with Gasteiger partial charge in [0.25, 0.3) is 5.91 Å². The van der Waals surface area contributed by atoms with Crippen molar-refractivity contribution in [2.24, 2.45) is 7.05 Å². The van der Waals surface area contributed by atoms with Crippen LogP contribution in [0, 0.1) is 18.6 Å². The number of amides is 1. The normalized spacial score (nSPS) is 13.6. The highest BCUT2D eigenvalue weighted by molar-refractivity contribution is 6.03. The Balaban J connectivity index is 1.62. The summed E-state index contributed by atoms with van der Waals surface area (Å²) in [6.07, 6.45) is 4.14. The Hall–Kier alpha value is -3.09. The lowest BCUT2D eigenvalue weighted by Crippen LogP contribution is -2.15. The first-order valence-corrected chi connectivity index (χ1v) is 8.70. The van der Waals surface area contributed by atoms with Crippen LogP contribution < -0.4 is 5.32 Å². The quantitative estimate of drug-likeness (QED) is 0.751. The van der Waals surface area contributed by atoms with E-state index >= 15 is 0 Å². The van der Waals surface area contributed by atoms with Gasteiger partial charge in [-0.05, 0) is 49.6 Å². The summed E-state index contributed by atoms with van der Waals surface area (Å²) in [6, 6.07) is 7.06. The summed E-state index contributed by atoms with van der Waals surface area (Å²) in [5.41, 5.74) is 3.29. The molecule has 1 aliphatic carbocycles. The number of aryl methyl sites for hydroxylation is 2. The van der Waals surface area contributed by atoms with Gasteiger partial charge in [0.1, 0.15) is 17.3 Å². The minimum atomic E-state index is -0.838. The van der Waals surface area contributed by atoms with Crippen molar-refractivity contribution in [3.05, 3.63) is 65.1 Å². The Kier molecular flexibility index (Phi) is 4.22. The van der Waals surface area contributed by atoms with Crippen molar-refractivity contribution in [3.8, 4) is 11.3 Å². The molecule has 3 aromatic rings. The smallest absolute Gasteiger partial charge is 0.276 e. The number of halogens is 2. The highest BCUT2D eigenvalue weighted by atomic mass is 19.1. The highest BCUT2D eigenvalue weighted by Crippen LogP contribution is 2.40. The number of rotatable bonds is 4. The molecule has 1 N–H and O–H groups in total. The first-order chi connectivity index (χ1) is 12.9. The summed E-state index contributed by atoms with van der Waals surface area (Å²) in [4.78, 5) is 16.9. The third kappa shape index (κ3) is 3.32. The van der Waals surface area contributed by atoms with Gasteiger partial charge in [-0.2, -0.15) is 5.10 Å². The molecule has 4 rings (SSSR count). The van der Waals surface area contributed by atoms with Gasteiger partial charge in [0.05, 0.1) is 5.69 Å². The molecule has 1 aromatic carbocycles. The van der Waals surface area contributed by atoms with Crippen LogP contribution in [0.1, 0.15) is 40.5 Å². The standard InChI is InChI=1S/C20H18F2N4O/c1-11-8-16(12-6-7-12)23-10-13(11)18-9-17(25-26(18)2)20(27)24-19-14(21)4-3-5-15(19)22/h3-5,8-10,12H,6-7H2,1-2H3,(H,24,27). The molecular weight excluding hydrogens is 350 g/mol. The SMILES string of the molecule is Cc1cc(C2CC2)ncc1-c1cc(C(=O)Nc2c(F)cccc2F)nn1C. The molecule has 1 aliphatic rings. The molecule has 2 heterocycles. The van der Waals surface area contributed by atoms with E-state index in [-0.39, 0.29) is 5.69 Å². The van der Waals surface area contributed by atoms with Crippen LogP contribution in [0.5, 0.6) is 0 Å². The maximum absolute atomic E-state index is 13.7. The molecule has 0 saturated heterocycles. The number of nitrogens with one attached hydrogen (secondary N) is 1. The summed E-state index contributed by atoms with van der Waals surface area (Å²) in [6.45, 7) is 1.99. The number of aromatic nitrogens is 3. The molecule has 27 heavy (non-hydrogen) atoms. The van der Waals surface area contributed by atoms with E-state index in [2.05, 4.69) is 21.5 Å². The van der Waals surface area contributed by atoms with Gasteiger partial charge < -0.3 is 5.32 Å². The van der Waals surface area contributed by atoms with Crippen molar-refractivity contribution in [1.82, 2.24) is 14.8 Å². The Morgan fingerprint density at radius 1 is 1.22 bits per heavy atom. The van der Waals surface area contributed by atoms with E-state index in [0.29, 0.717) is 11.6 Å². The van der Waals surface area contributed by atoms with Crippen LogP contribution in [0.25, 0.3) is 11.3 Å². The fraction of sp³-hybridized carbons (Fsp3) is 0.250. The lowest BCUT2D eigenvalue weighted by Gasteiger charge is -2.07. The predicted molar refractivity (Wildman–Crippen MR) is 97.5 cm³/mol. The Labute approximate surface area is 155 Å². The van der Waals surface area contributed by atoms with Crippen LogP contribution in [0.2, 0.25) is 0 Å². The molecule has 1 saturated carbocycles. The Bertz CT molecular complexity index is 1020. The highest BCUT2D eigenvalue weighted by Gasteiger charge is 2.26. The second-order valence-electron chi connectivity index (χ2n) is 6.79. The number of benzene rings is 1. The number of carbonyl (C=O) groups is 1. The maximum atomic E-state index is 13.7. The van der Waals surface area contributed by atoms with Crippen molar-refractivity contribution >= 4 is 11.6 Å². The number of carbonyl (C=O) groups excluding carboxylic acids is 1. The van der Waals surface area contributed by atoms with Crippen LogP contribution in [0.4, 0.5) is 14.5 Å². The van der Waals surface area contributed by atoms with Crippen molar-refractivity contribution in [1.29, 1.82) is 0 Å². The minimum Gasteiger partial charge on any atom is -0.316 e. The van der Waals surface area contributed by atoms with Gasteiger partial charge in [-0.25, -0.2) is 8.78 Å². The fourth-order valence-corrected chi connectivity index (χ4v) is 3.07. The summed E-state index contributed by atoms with van der Waals surface area (Å²) < 4.78 is 29.1. The third-order valence-corrected chi connectivity index (χ3v) is 4.72. The number of nitrogens with zero attached hydrogens (tertiary/aromatic N) is 3. The number of pyridine rings is 1. The topological polar surface area (TPSA) is 59.8 Å². The lowest BCUT2D eigenvalue weighted by atomic mass is 10.1. The van der Waals surface area contributed by atoms with E-state index in [1.807, 2.05) is 6.92 Å². The van der Waals surface area contributed by atoms with Crippen LogP contribution in [-0.2, 0) is 7.05 Å². The molecule has 2 aromatic heterocycles. The number of hydrogen-bond donors (Lipinski definition) is 1. The molecule has 1 amide bonds. The zero-order valence-corrected chi connectivity index (χ0v) is 15.0. The molecule has 0 atom stereocenters. The van der Waals surface area contributed by atoms with Crippen molar-refractivity contribution in [2.75, 3.05) is 5.32 Å². The molecule has 138 valence electrons. The van der Waals surface area contributed by atoms with Gasteiger partial charge in [-0.3, -0.25) is 14.5 Å². The van der Waals surface area contributed by atoms with Crippen LogP contribution in [0.3, 0.4) is 0 Å². The van der Waals surface area contributed by atoms with Crippen molar-refractivity contribution < 1.29 is 13.6 Å². The van der Waals surface area contributed by atoms with Crippen LogP contribution in [-0.4, -0.2) is 20.7 Å². The number of anilines is 1. The zero-order valence-electron chi connectivity index (χ0n) is 15.0. The van der Waals surface area contributed by atoms with Crippen LogP contribution >= 0.6 is 0 Å². The monoisotopic (exact) mass is 368 g/mol.